The minimum absolute atomic E-state index is 0.279. The second-order valence-corrected chi connectivity index (χ2v) is 6.78. The summed E-state index contributed by atoms with van der Waals surface area (Å²) >= 11 is 0. The van der Waals surface area contributed by atoms with Gasteiger partial charge < -0.3 is 0 Å². The Balaban J connectivity index is 2.04. The summed E-state index contributed by atoms with van der Waals surface area (Å²) in [5.41, 5.74) is 2.51. The van der Waals surface area contributed by atoms with Gasteiger partial charge in [0.2, 0.25) is 10.0 Å². The molecule has 0 aromatic heterocycles. The highest BCUT2D eigenvalue weighted by atomic mass is 32.2. The molecule has 21 heavy (non-hydrogen) atoms. The molecule has 2 aromatic carbocycles. The Labute approximate surface area is 124 Å². The Morgan fingerprint density at radius 3 is 2.38 bits per heavy atom. The molecule has 1 N–H and O–H groups in total. The van der Waals surface area contributed by atoms with Crippen molar-refractivity contribution in [3.05, 3.63) is 65.0 Å². The highest BCUT2D eigenvalue weighted by Crippen LogP contribution is 2.16. The van der Waals surface area contributed by atoms with Crippen LogP contribution in [0.3, 0.4) is 0 Å². The van der Waals surface area contributed by atoms with Crippen LogP contribution in [0, 0.1) is 19.7 Å². The van der Waals surface area contributed by atoms with E-state index in [1.165, 1.54) is 12.1 Å². The molecule has 0 unspecified atom stereocenters. The lowest BCUT2D eigenvalue weighted by atomic mass is 10.1. The third-order valence-electron chi connectivity index (χ3n) is 3.25. The SMILES string of the molecule is Cc1ccc(C)c(S(=O)(=O)NCCc2ccc(F)cc2)c1. The van der Waals surface area contributed by atoms with Crippen molar-refractivity contribution in [3.8, 4) is 0 Å². The second kappa shape index (κ2) is 6.37. The number of nitrogens with one attached hydrogen (secondary N) is 1. The molecule has 5 heteroatoms. The lowest BCUT2D eigenvalue weighted by Crippen LogP contribution is -2.26. The molecule has 2 rings (SSSR count). The molecule has 0 amide bonds. The molecule has 2 aromatic rings. The van der Waals surface area contributed by atoms with Crippen LogP contribution in [-0.4, -0.2) is 15.0 Å². The molecule has 0 aliphatic heterocycles. The van der Waals surface area contributed by atoms with Gasteiger partial charge in [-0.3, -0.25) is 0 Å². The minimum atomic E-state index is -3.52. The van der Waals surface area contributed by atoms with Gasteiger partial charge in [0.25, 0.3) is 0 Å². The predicted octanol–water partition coefficient (Wildman–Crippen LogP) is 2.96. The normalized spacial score (nSPS) is 11.6. The third-order valence-corrected chi connectivity index (χ3v) is 4.86. The lowest BCUT2D eigenvalue weighted by Gasteiger charge is -2.10. The third kappa shape index (κ3) is 4.12. The maximum Gasteiger partial charge on any atom is 0.240 e. The topological polar surface area (TPSA) is 46.2 Å². The highest BCUT2D eigenvalue weighted by Gasteiger charge is 2.16. The van der Waals surface area contributed by atoms with E-state index >= 15 is 0 Å². The average molecular weight is 307 g/mol. The molecule has 0 radical (unpaired) electrons. The van der Waals surface area contributed by atoms with Crippen LogP contribution in [0.25, 0.3) is 0 Å². The maximum absolute atomic E-state index is 12.8. The van der Waals surface area contributed by atoms with Gasteiger partial charge in [-0.05, 0) is 55.2 Å². The van der Waals surface area contributed by atoms with Gasteiger partial charge in [0.05, 0.1) is 4.90 Å². The molecule has 0 aliphatic carbocycles. The standard InChI is InChI=1S/C16H18FNO2S/c1-12-3-4-13(2)16(11-12)21(19,20)18-10-9-14-5-7-15(17)8-6-14/h3-8,11,18H,9-10H2,1-2H3. The Hall–Kier alpha value is -1.72. The molecule has 0 bridgehead atoms. The van der Waals surface area contributed by atoms with E-state index in [-0.39, 0.29) is 12.4 Å². The number of sulfonamides is 1. The van der Waals surface area contributed by atoms with E-state index in [1.807, 2.05) is 13.0 Å². The summed E-state index contributed by atoms with van der Waals surface area (Å²) in [5, 5.41) is 0. The van der Waals surface area contributed by atoms with Crippen LogP contribution >= 0.6 is 0 Å². The van der Waals surface area contributed by atoms with Gasteiger partial charge >= 0.3 is 0 Å². The zero-order chi connectivity index (χ0) is 15.5. The first-order valence-electron chi connectivity index (χ1n) is 6.70. The maximum atomic E-state index is 12.8. The zero-order valence-corrected chi connectivity index (χ0v) is 12.9. The summed E-state index contributed by atoms with van der Waals surface area (Å²) in [7, 11) is -3.52. The number of rotatable bonds is 5. The summed E-state index contributed by atoms with van der Waals surface area (Å²) in [6, 6.07) is 11.4. The van der Waals surface area contributed by atoms with Crippen LogP contribution in [0.15, 0.2) is 47.4 Å². The zero-order valence-electron chi connectivity index (χ0n) is 12.1. The number of benzene rings is 2. The molecule has 0 fully saturated rings. The fourth-order valence-electron chi connectivity index (χ4n) is 2.06. The van der Waals surface area contributed by atoms with Gasteiger partial charge in [0, 0.05) is 6.54 Å². The first kappa shape index (κ1) is 15.7. The summed E-state index contributed by atoms with van der Waals surface area (Å²) in [4.78, 5) is 0.307. The molecule has 0 saturated carbocycles. The van der Waals surface area contributed by atoms with Crippen molar-refractivity contribution < 1.29 is 12.8 Å². The first-order chi connectivity index (χ1) is 9.88. The van der Waals surface area contributed by atoms with Crippen molar-refractivity contribution in [2.75, 3.05) is 6.54 Å². The van der Waals surface area contributed by atoms with Gasteiger partial charge in [0.15, 0.2) is 0 Å². The van der Waals surface area contributed by atoms with E-state index in [1.54, 1.807) is 31.2 Å². The molecule has 3 nitrogen and oxygen atoms in total. The van der Waals surface area contributed by atoms with Gasteiger partial charge in [-0.1, -0.05) is 24.3 Å². The van der Waals surface area contributed by atoms with E-state index in [0.717, 1.165) is 16.7 Å². The van der Waals surface area contributed by atoms with Crippen LogP contribution in [0.4, 0.5) is 4.39 Å². The molecule has 0 spiro atoms. The second-order valence-electron chi connectivity index (χ2n) is 5.04. The largest absolute Gasteiger partial charge is 0.240 e. The van der Waals surface area contributed by atoms with Crippen LogP contribution in [0.1, 0.15) is 16.7 Å². The Kier molecular flexibility index (Phi) is 4.75. The van der Waals surface area contributed by atoms with Crippen LogP contribution in [0.5, 0.6) is 0 Å². The molecule has 0 heterocycles. The van der Waals surface area contributed by atoms with Crippen molar-refractivity contribution in [1.29, 1.82) is 0 Å². The summed E-state index contributed by atoms with van der Waals surface area (Å²) in [6.45, 7) is 3.91. The van der Waals surface area contributed by atoms with Crippen LogP contribution in [0.2, 0.25) is 0 Å². The number of aryl methyl sites for hydroxylation is 2. The smallest absolute Gasteiger partial charge is 0.211 e. The van der Waals surface area contributed by atoms with Gasteiger partial charge in [-0.15, -0.1) is 0 Å². The van der Waals surface area contributed by atoms with Crippen molar-refractivity contribution >= 4 is 10.0 Å². The Morgan fingerprint density at radius 1 is 1.05 bits per heavy atom. The van der Waals surface area contributed by atoms with E-state index in [4.69, 9.17) is 0 Å². The van der Waals surface area contributed by atoms with Crippen LogP contribution < -0.4 is 4.72 Å². The van der Waals surface area contributed by atoms with Crippen molar-refractivity contribution in [2.45, 2.75) is 25.2 Å². The fraction of sp³-hybridized carbons (Fsp3) is 0.250. The quantitative estimate of drug-likeness (QED) is 0.923. The Morgan fingerprint density at radius 2 is 1.71 bits per heavy atom. The van der Waals surface area contributed by atoms with Gasteiger partial charge in [-0.2, -0.15) is 0 Å². The van der Waals surface area contributed by atoms with E-state index in [9.17, 15) is 12.8 Å². The fourth-order valence-corrected chi connectivity index (χ4v) is 3.41. The molecule has 0 atom stereocenters. The molecule has 0 saturated heterocycles. The van der Waals surface area contributed by atoms with Crippen molar-refractivity contribution in [3.63, 3.8) is 0 Å². The summed E-state index contributed by atoms with van der Waals surface area (Å²) in [5.74, 6) is -0.297. The number of halogens is 1. The first-order valence-corrected chi connectivity index (χ1v) is 8.18. The monoisotopic (exact) mass is 307 g/mol. The van der Waals surface area contributed by atoms with Crippen molar-refractivity contribution in [1.82, 2.24) is 4.72 Å². The summed E-state index contributed by atoms with van der Waals surface area (Å²) in [6.07, 6.45) is 0.518. The molecule has 0 aliphatic rings. The molecular weight excluding hydrogens is 289 g/mol. The van der Waals surface area contributed by atoms with Crippen molar-refractivity contribution in [2.24, 2.45) is 0 Å². The lowest BCUT2D eigenvalue weighted by molar-refractivity contribution is 0.580. The average Bonchev–Trinajstić information content (AvgIpc) is 2.43. The predicted molar refractivity (Wildman–Crippen MR) is 81.2 cm³/mol. The van der Waals surface area contributed by atoms with Gasteiger partial charge in [0.1, 0.15) is 5.82 Å². The van der Waals surface area contributed by atoms with E-state index in [0.29, 0.717) is 11.3 Å². The van der Waals surface area contributed by atoms with Crippen LogP contribution in [-0.2, 0) is 16.4 Å². The summed E-state index contributed by atoms with van der Waals surface area (Å²) < 4.78 is 39.9. The van der Waals surface area contributed by atoms with E-state index < -0.39 is 10.0 Å². The molecular formula is C16H18FNO2S. The number of hydrogen-bond acceptors (Lipinski definition) is 2. The number of hydrogen-bond donors (Lipinski definition) is 1. The van der Waals surface area contributed by atoms with Gasteiger partial charge in [-0.25, -0.2) is 17.5 Å². The molecule has 112 valence electrons. The van der Waals surface area contributed by atoms with E-state index in [2.05, 4.69) is 4.72 Å². The highest BCUT2D eigenvalue weighted by molar-refractivity contribution is 7.89. The Bertz CT molecular complexity index is 724. The minimum Gasteiger partial charge on any atom is -0.211 e.